The molecule has 0 bridgehead atoms. The molecule has 4 aliphatic rings. The van der Waals surface area contributed by atoms with Crippen LogP contribution >= 0.6 is 0 Å². The Hall–Kier alpha value is -1.57. The van der Waals surface area contributed by atoms with Crippen molar-refractivity contribution in [3.8, 4) is 0 Å². The number of alkyl halides is 3. The van der Waals surface area contributed by atoms with Gasteiger partial charge in [-0.05, 0) is 73.7 Å². The molecule has 0 radical (unpaired) electrons. The molecule has 2 unspecified atom stereocenters. The highest BCUT2D eigenvalue weighted by Gasteiger charge is 2.61. The third kappa shape index (κ3) is 4.00. The zero-order valence-electron chi connectivity index (χ0n) is 19.9. The van der Waals surface area contributed by atoms with E-state index >= 15 is 0 Å². The fraction of sp³-hybridized carbons (Fsp3) is 0.840. The van der Waals surface area contributed by atoms with Gasteiger partial charge in [0.2, 0.25) is 11.8 Å². The number of nitrogens with one attached hydrogen (secondary N) is 2. The molecule has 2 amide bonds. The second kappa shape index (κ2) is 8.28. The number of rotatable bonds is 4. The van der Waals surface area contributed by atoms with Crippen LogP contribution in [-0.4, -0.2) is 41.3 Å². The molecule has 186 valence electrons. The van der Waals surface area contributed by atoms with Crippen molar-refractivity contribution in [2.75, 3.05) is 0 Å². The molecule has 3 aliphatic carbocycles. The average molecular weight is 471 g/mol. The first-order valence-electron chi connectivity index (χ1n) is 12.3. The van der Waals surface area contributed by atoms with E-state index in [9.17, 15) is 27.9 Å². The lowest BCUT2D eigenvalue weighted by atomic mass is 9.48. The fourth-order valence-corrected chi connectivity index (χ4v) is 7.84. The lowest BCUT2D eigenvalue weighted by Gasteiger charge is -2.58. The first-order valence-corrected chi connectivity index (χ1v) is 12.3. The molecule has 33 heavy (non-hydrogen) atoms. The molecule has 0 aromatic rings. The smallest absolute Gasteiger partial charge is 0.382 e. The monoisotopic (exact) mass is 470 g/mol. The Balaban J connectivity index is 1.52. The largest absolute Gasteiger partial charge is 0.416 e. The lowest BCUT2D eigenvalue weighted by Crippen LogP contribution is -2.60. The minimum Gasteiger partial charge on any atom is -0.382 e. The van der Waals surface area contributed by atoms with Crippen molar-refractivity contribution in [3.63, 3.8) is 0 Å². The van der Waals surface area contributed by atoms with E-state index in [1.54, 1.807) is 19.9 Å². The van der Waals surface area contributed by atoms with Gasteiger partial charge in [-0.15, -0.1) is 0 Å². The van der Waals surface area contributed by atoms with E-state index in [0.29, 0.717) is 24.2 Å². The number of hydrogen-bond acceptors (Lipinski definition) is 3. The van der Waals surface area contributed by atoms with Crippen LogP contribution in [0.2, 0.25) is 0 Å². The molecular weight excluding hydrogens is 433 g/mol. The molecule has 0 spiro atoms. The molecule has 0 aromatic carbocycles. The van der Waals surface area contributed by atoms with Crippen LogP contribution in [0.3, 0.4) is 0 Å². The molecule has 5 nitrogen and oxygen atoms in total. The summed E-state index contributed by atoms with van der Waals surface area (Å²) in [6.07, 6.45) is 1.61. The molecule has 3 N–H and O–H groups in total. The van der Waals surface area contributed by atoms with Crippen molar-refractivity contribution in [3.05, 3.63) is 12.2 Å². The van der Waals surface area contributed by atoms with Crippen molar-refractivity contribution in [2.45, 2.75) is 90.6 Å². The molecule has 3 saturated carbocycles. The molecule has 1 heterocycles. The van der Waals surface area contributed by atoms with Crippen molar-refractivity contribution in [1.29, 1.82) is 0 Å². The summed E-state index contributed by atoms with van der Waals surface area (Å²) >= 11 is 0. The number of carbonyl (C=O) groups is 2. The maximum Gasteiger partial charge on any atom is 0.416 e. The van der Waals surface area contributed by atoms with Crippen LogP contribution in [0.4, 0.5) is 13.2 Å². The quantitative estimate of drug-likeness (QED) is 0.582. The van der Waals surface area contributed by atoms with Gasteiger partial charge in [-0.2, -0.15) is 13.2 Å². The number of halogens is 3. The number of amides is 2. The second-order valence-electron chi connectivity index (χ2n) is 11.7. The van der Waals surface area contributed by atoms with E-state index in [1.165, 1.54) is 0 Å². The molecule has 4 rings (SSSR count). The van der Waals surface area contributed by atoms with Gasteiger partial charge in [0.1, 0.15) is 0 Å². The summed E-state index contributed by atoms with van der Waals surface area (Å²) < 4.78 is 39.5. The first kappa shape index (κ1) is 24.6. The molecule has 0 saturated heterocycles. The topological polar surface area (TPSA) is 78.4 Å². The van der Waals surface area contributed by atoms with Crippen molar-refractivity contribution in [1.82, 2.24) is 10.6 Å². The van der Waals surface area contributed by atoms with Gasteiger partial charge in [0.25, 0.3) is 0 Å². The highest BCUT2D eigenvalue weighted by atomic mass is 19.4. The van der Waals surface area contributed by atoms with E-state index < -0.39 is 24.2 Å². The zero-order valence-corrected chi connectivity index (χ0v) is 19.9. The van der Waals surface area contributed by atoms with Crippen molar-refractivity contribution < 1.29 is 27.9 Å². The molecule has 1 aliphatic heterocycles. The van der Waals surface area contributed by atoms with E-state index in [0.717, 1.165) is 32.1 Å². The number of aliphatic hydroxyl groups excluding tert-OH is 1. The van der Waals surface area contributed by atoms with Crippen LogP contribution in [0.25, 0.3) is 0 Å². The normalized spacial score (nSPS) is 42.1. The van der Waals surface area contributed by atoms with Crippen LogP contribution < -0.4 is 10.6 Å². The fourth-order valence-electron chi connectivity index (χ4n) is 7.84. The zero-order chi connectivity index (χ0) is 24.3. The van der Waals surface area contributed by atoms with Gasteiger partial charge in [-0.3, -0.25) is 9.59 Å². The Bertz CT molecular complexity index is 828. The van der Waals surface area contributed by atoms with Gasteiger partial charge in [-0.1, -0.05) is 33.8 Å². The molecule has 3 fully saturated rings. The minimum absolute atomic E-state index is 0.0325. The Morgan fingerprint density at radius 1 is 1.15 bits per heavy atom. The second-order valence-corrected chi connectivity index (χ2v) is 11.7. The van der Waals surface area contributed by atoms with Crippen LogP contribution in [0.1, 0.15) is 66.2 Å². The maximum absolute atomic E-state index is 13.3. The van der Waals surface area contributed by atoms with E-state index in [4.69, 9.17) is 0 Å². The van der Waals surface area contributed by atoms with Gasteiger partial charge >= 0.3 is 6.18 Å². The third-order valence-electron chi connectivity index (χ3n) is 9.71. The predicted molar refractivity (Wildman–Crippen MR) is 118 cm³/mol. The van der Waals surface area contributed by atoms with Crippen LogP contribution in [0.15, 0.2) is 12.2 Å². The van der Waals surface area contributed by atoms with E-state index in [-0.39, 0.29) is 34.6 Å². The highest BCUT2D eigenvalue weighted by Crippen LogP contribution is 2.65. The van der Waals surface area contributed by atoms with Gasteiger partial charge in [0.15, 0.2) is 6.10 Å². The summed E-state index contributed by atoms with van der Waals surface area (Å²) in [4.78, 5) is 25.2. The summed E-state index contributed by atoms with van der Waals surface area (Å²) in [5, 5.41) is 15.6. The molecule has 0 aromatic heterocycles. The summed E-state index contributed by atoms with van der Waals surface area (Å²) in [5.74, 6) is -0.0967. The van der Waals surface area contributed by atoms with E-state index in [2.05, 4.69) is 30.6 Å². The highest BCUT2D eigenvalue weighted by molar-refractivity contribution is 5.89. The summed E-state index contributed by atoms with van der Waals surface area (Å²) in [6.45, 7) is 7.54. The van der Waals surface area contributed by atoms with Crippen molar-refractivity contribution in [2.24, 2.45) is 40.4 Å². The predicted octanol–water partition coefficient (Wildman–Crippen LogP) is 3.96. The molecule has 9 atom stereocenters. The van der Waals surface area contributed by atoms with Gasteiger partial charge in [-0.25, -0.2) is 0 Å². The molecule has 8 heteroatoms. The lowest BCUT2D eigenvalue weighted by molar-refractivity contribution is -0.215. The number of hydrogen-bond donors (Lipinski definition) is 3. The van der Waals surface area contributed by atoms with Crippen LogP contribution in [0.5, 0.6) is 0 Å². The third-order valence-corrected chi connectivity index (χ3v) is 9.71. The van der Waals surface area contributed by atoms with Crippen molar-refractivity contribution >= 4 is 11.8 Å². The van der Waals surface area contributed by atoms with Crippen LogP contribution in [-0.2, 0) is 9.59 Å². The maximum atomic E-state index is 13.3. The minimum atomic E-state index is -4.78. The Morgan fingerprint density at radius 3 is 2.48 bits per heavy atom. The summed E-state index contributed by atoms with van der Waals surface area (Å²) in [5.41, 5.74) is -0.362. The number of aliphatic hydroxyl groups is 1. The Morgan fingerprint density at radius 2 is 1.85 bits per heavy atom. The Kier molecular flexibility index (Phi) is 6.16. The van der Waals surface area contributed by atoms with Gasteiger partial charge in [0.05, 0.1) is 6.04 Å². The average Bonchev–Trinajstić information content (AvgIpc) is 3.08. The number of carbonyl (C=O) groups excluding carboxylic acids is 2. The first-order chi connectivity index (χ1) is 15.3. The standard InChI is InChI=1S/C25H37F3N2O3/c1-13(2)20(21(32)25(26,27)28)30-22(33)17-7-6-15-14-5-8-18-24(4,12-10-19(31)29-18)16(14)9-11-23(15,17)3/h10,12-18,20-21,32H,5-9,11H2,1-4H3,(H,29,31)(H,30,33)/t14-,15-,16-,17+,18+,20?,21?,23-,24+/m0/s1. The van der Waals surface area contributed by atoms with Gasteiger partial charge < -0.3 is 15.7 Å². The molecular formula is C25H37F3N2O3. The Labute approximate surface area is 193 Å². The summed E-state index contributed by atoms with van der Waals surface area (Å²) in [7, 11) is 0. The van der Waals surface area contributed by atoms with E-state index in [1.807, 2.05) is 0 Å². The summed E-state index contributed by atoms with van der Waals surface area (Å²) in [6, 6.07) is -1.22. The SMILES string of the molecule is CC(C)C(NC(=O)[C@H]1CC[C@H]2[C@@H]3CC[C@H]4NC(=O)C=C[C@]4(C)[C@H]3CC[C@]12C)C(O)C(F)(F)F. The van der Waals surface area contributed by atoms with Gasteiger partial charge in [0, 0.05) is 17.4 Å². The number of fused-ring (bicyclic) bond motifs is 5. The van der Waals surface area contributed by atoms with Crippen LogP contribution in [0, 0.1) is 40.4 Å².